The van der Waals surface area contributed by atoms with Gasteiger partial charge in [-0.2, -0.15) is 0 Å². The van der Waals surface area contributed by atoms with Crippen molar-refractivity contribution in [3.8, 4) is 0 Å². The van der Waals surface area contributed by atoms with E-state index in [-0.39, 0.29) is 11.0 Å². The van der Waals surface area contributed by atoms with Crippen LogP contribution < -0.4 is 0 Å². The minimum atomic E-state index is -0.649. The Morgan fingerprint density at radius 3 is 2.33 bits per heavy atom. The third kappa shape index (κ3) is 5.21. The molecule has 0 aromatic heterocycles. The average molecular weight is 268 g/mol. The highest BCUT2D eigenvalue weighted by Crippen LogP contribution is 2.24. The van der Waals surface area contributed by atoms with Gasteiger partial charge in [0, 0.05) is 0 Å². The highest BCUT2D eigenvalue weighted by molar-refractivity contribution is 8.14. The van der Waals surface area contributed by atoms with Gasteiger partial charge in [0.2, 0.25) is 0 Å². The highest BCUT2D eigenvalue weighted by Gasteiger charge is 2.23. The number of carbonyl (C=O) groups excluding carboxylic acids is 1. The number of rotatable bonds is 5. The summed E-state index contributed by atoms with van der Waals surface area (Å²) in [7, 11) is 5.98. The summed E-state index contributed by atoms with van der Waals surface area (Å²) in [5.74, 6) is -0.182. The Balaban J connectivity index is 2.56. The number of likely N-dealkylation sites (N-methyl/N-ethyl adjacent to an activating group) is 1. The first-order valence-electron chi connectivity index (χ1n) is 6.03. The summed E-state index contributed by atoms with van der Waals surface area (Å²) < 4.78 is 0.640. The first-order valence-corrected chi connectivity index (χ1v) is 6.91. The molecule has 1 aromatic carbocycles. The summed E-state index contributed by atoms with van der Waals surface area (Å²) in [6.45, 7) is 2.43. The van der Waals surface area contributed by atoms with Gasteiger partial charge in [0.1, 0.15) is 6.54 Å². The van der Waals surface area contributed by atoms with Crippen LogP contribution in [-0.2, 0) is 4.79 Å². The van der Waals surface area contributed by atoms with Crippen LogP contribution in [0.1, 0.15) is 18.4 Å². The zero-order valence-electron chi connectivity index (χ0n) is 11.5. The molecule has 0 bridgehead atoms. The summed E-state index contributed by atoms with van der Waals surface area (Å²) in [6, 6.07) is 9.66. The lowest BCUT2D eigenvalue weighted by Crippen LogP contribution is -2.40. The van der Waals surface area contributed by atoms with Crippen molar-refractivity contribution in [3.63, 3.8) is 0 Å². The van der Waals surface area contributed by atoms with E-state index in [2.05, 4.69) is 0 Å². The van der Waals surface area contributed by atoms with Crippen molar-refractivity contribution < 1.29 is 14.4 Å². The monoisotopic (exact) mass is 268 g/mol. The van der Waals surface area contributed by atoms with Crippen molar-refractivity contribution in [1.29, 1.82) is 0 Å². The standard InChI is InChI=1S/C14H22NO2S/c1-11(12-8-6-5-7-9-12)14(17)18-13(16)10-15(2,3)4/h5-9,11,13,16H,10H2,1-4H3/q+1. The summed E-state index contributed by atoms with van der Waals surface area (Å²) in [4.78, 5) is 12.0. The molecule has 1 aromatic rings. The van der Waals surface area contributed by atoms with Gasteiger partial charge in [0.25, 0.3) is 0 Å². The fourth-order valence-electron chi connectivity index (χ4n) is 1.62. The van der Waals surface area contributed by atoms with Crippen molar-refractivity contribution >= 4 is 16.9 Å². The number of hydrogen-bond acceptors (Lipinski definition) is 3. The Hall–Kier alpha value is -0.840. The lowest BCUT2D eigenvalue weighted by Gasteiger charge is -2.26. The Kier molecular flexibility index (Phi) is 5.38. The number of hydrogen-bond donors (Lipinski definition) is 1. The van der Waals surface area contributed by atoms with Crippen LogP contribution in [-0.4, -0.2) is 47.8 Å². The Morgan fingerprint density at radius 2 is 1.83 bits per heavy atom. The maximum absolute atomic E-state index is 12.0. The predicted octanol–water partition coefficient (Wildman–Crippen LogP) is 2.07. The topological polar surface area (TPSA) is 37.3 Å². The minimum absolute atomic E-state index is 0.0159. The number of thioether (sulfide) groups is 1. The van der Waals surface area contributed by atoms with Crippen LogP contribution in [0.4, 0.5) is 0 Å². The molecule has 0 heterocycles. The molecule has 0 amide bonds. The van der Waals surface area contributed by atoms with Crippen molar-refractivity contribution in [2.75, 3.05) is 27.7 Å². The molecular weight excluding hydrogens is 246 g/mol. The van der Waals surface area contributed by atoms with E-state index in [9.17, 15) is 9.90 Å². The number of carbonyl (C=O) groups is 1. The van der Waals surface area contributed by atoms with E-state index in [0.717, 1.165) is 17.3 Å². The van der Waals surface area contributed by atoms with Crippen molar-refractivity contribution in [1.82, 2.24) is 0 Å². The third-order valence-corrected chi connectivity index (χ3v) is 3.62. The lowest BCUT2D eigenvalue weighted by molar-refractivity contribution is -0.871. The molecule has 0 spiro atoms. The fraction of sp³-hybridized carbons (Fsp3) is 0.500. The first-order chi connectivity index (χ1) is 8.29. The van der Waals surface area contributed by atoms with Gasteiger partial charge in [-0.05, 0) is 5.56 Å². The third-order valence-electron chi connectivity index (χ3n) is 2.61. The second-order valence-electron chi connectivity index (χ2n) is 5.50. The number of aliphatic hydroxyl groups excluding tert-OH is 1. The van der Waals surface area contributed by atoms with Crippen LogP contribution in [0, 0.1) is 0 Å². The quantitative estimate of drug-likeness (QED) is 0.656. The largest absolute Gasteiger partial charge is 0.376 e. The normalized spacial score (nSPS) is 15.2. The summed E-state index contributed by atoms with van der Waals surface area (Å²) >= 11 is 1.03. The van der Waals surface area contributed by atoms with Gasteiger partial charge in [0.15, 0.2) is 10.6 Å². The Bertz CT molecular complexity index is 387. The summed E-state index contributed by atoms with van der Waals surface area (Å²) in [6.07, 6.45) is 0. The van der Waals surface area contributed by atoms with E-state index in [1.54, 1.807) is 0 Å². The molecule has 18 heavy (non-hydrogen) atoms. The van der Waals surface area contributed by atoms with Crippen LogP contribution in [0.3, 0.4) is 0 Å². The van der Waals surface area contributed by atoms with Crippen molar-refractivity contribution in [2.24, 2.45) is 0 Å². The maximum Gasteiger partial charge on any atom is 0.198 e. The van der Waals surface area contributed by atoms with Gasteiger partial charge in [-0.1, -0.05) is 49.0 Å². The molecule has 0 saturated heterocycles. The molecule has 4 heteroatoms. The molecule has 2 unspecified atom stereocenters. The first kappa shape index (κ1) is 15.2. The van der Waals surface area contributed by atoms with Crippen molar-refractivity contribution in [2.45, 2.75) is 18.3 Å². The Labute approximate surface area is 113 Å². The van der Waals surface area contributed by atoms with E-state index < -0.39 is 5.44 Å². The SMILES string of the molecule is CC(C(=O)SC(O)C[N+](C)(C)C)c1ccccc1. The molecule has 0 aliphatic carbocycles. The molecule has 2 atom stereocenters. The molecule has 0 aliphatic heterocycles. The zero-order chi connectivity index (χ0) is 13.8. The van der Waals surface area contributed by atoms with E-state index in [4.69, 9.17) is 0 Å². The van der Waals surface area contributed by atoms with E-state index in [1.807, 2.05) is 58.4 Å². The average Bonchev–Trinajstić information content (AvgIpc) is 2.26. The van der Waals surface area contributed by atoms with Gasteiger partial charge in [0.05, 0.1) is 27.1 Å². The number of quaternary nitrogens is 1. The van der Waals surface area contributed by atoms with Gasteiger partial charge in [-0.25, -0.2) is 0 Å². The maximum atomic E-state index is 12.0. The van der Waals surface area contributed by atoms with Crippen LogP contribution in [0.5, 0.6) is 0 Å². The molecule has 1 rings (SSSR count). The van der Waals surface area contributed by atoms with Gasteiger partial charge in [-0.15, -0.1) is 0 Å². The smallest absolute Gasteiger partial charge is 0.198 e. The van der Waals surface area contributed by atoms with E-state index in [1.165, 1.54) is 0 Å². The molecule has 0 saturated carbocycles. The van der Waals surface area contributed by atoms with Crippen LogP contribution >= 0.6 is 11.8 Å². The van der Waals surface area contributed by atoms with E-state index >= 15 is 0 Å². The van der Waals surface area contributed by atoms with E-state index in [0.29, 0.717) is 11.0 Å². The molecule has 0 aliphatic rings. The fourth-order valence-corrected chi connectivity index (χ4v) is 2.75. The molecular formula is C14H22NO2S+. The second-order valence-corrected chi connectivity index (χ2v) is 6.68. The zero-order valence-corrected chi connectivity index (χ0v) is 12.3. The Morgan fingerprint density at radius 1 is 1.28 bits per heavy atom. The van der Waals surface area contributed by atoms with Gasteiger partial charge >= 0.3 is 0 Å². The molecule has 0 fully saturated rings. The highest BCUT2D eigenvalue weighted by atomic mass is 32.2. The number of benzene rings is 1. The second kappa shape index (κ2) is 6.36. The number of nitrogens with zero attached hydrogens (tertiary/aromatic N) is 1. The van der Waals surface area contributed by atoms with Crippen LogP contribution in [0.25, 0.3) is 0 Å². The van der Waals surface area contributed by atoms with Crippen LogP contribution in [0.2, 0.25) is 0 Å². The van der Waals surface area contributed by atoms with Gasteiger partial charge < -0.3 is 9.59 Å². The molecule has 0 radical (unpaired) electrons. The predicted molar refractivity (Wildman–Crippen MR) is 76.4 cm³/mol. The molecule has 100 valence electrons. The van der Waals surface area contributed by atoms with Gasteiger partial charge in [-0.3, -0.25) is 4.79 Å². The molecule has 3 nitrogen and oxygen atoms in total. The summed E-state index contributed by atoms with van der Waals surface area (Å²) in [5, 5.41) is 9.89. The van der Waals surface area contributed by atoms with Crippen LogP contribution in [0.15, 0.2) is 30.3 Å². The lowest BCUT2D eigenvalue weighted by atomic mass is 10.0. The number of aliphatic hydroxyl groups is 1. The molecule has 1 N–H and O–H groups in total. The van der Waals surface area contributed by atoms with Crippen molar-refractivity contribution in [3.05, 3.63) is 35.9 Å². The summed E-state index contributed by atoms with van der Waals surface area (Å²) in [5.41, 5.74) is 0.344. The minimum Gasteiger partial charge on any atom is -0.376 e.